The summed E-state index contributed by atoms with van der Waals surface area (Å²) in [7, 11) is 0. The molecular weight excluding hydrogens is 290 g/mol. The maximum atomic E-state index is 11.8. The van der Waals surface area contributed by atoms with Crippen molar-refractivity contribution in [2.24, 2.45) is 5.92 Å². The number of hydrogen-bond acceptors (Lipinski definition) is 4. The number of H-pyrrole nitrogens is 1. The van der Waals surface area contributed by atoms with Gasteiger partial charge in [-0.15, -0.1) is 0 Å². The van der Waals surface area contributed by atoms with Crippen molar-refractivity contribution in [1.82, 2.24) is 25.6 Å². The number of aryl methyl sites for hydroxylation is 1. The highest BCUT2D eigenvalue weighted by Crippen LogP contribution is 2.18. The Bertz CT molecular complexity index is 615. The van der Waals surface area contributed by atoms with Gasteiger partial charge >= 0.3 is 0 Å². The number of likely N-dealkylation sites (tertiary alicyclic amines) is 1. The van der Waals surface area contributed by atoms with Gasteiger partial charge in [-0.25, -0.2) is 0 Å². The van der Waals surface area contributed by atoms with E-state index in [2.05, 4.69) is 56.8 Å². The first-order valence-electron chi connectivity index (χ1n) is 8.12. The average Bonchev–Trinajstić information content (AvgIpc) is 3.11. The third kappa shape index (κ3) is 4.39. The predicted molar refractivity (Wildman–Crippen MR) is 87.9 cm³/mol. The number of hydrogen-bond donors (Lipinski definition) is 2. The van der Waals surface area contributed by atoms with Crippen molar-refractivity contribution in [3.63, 3.8) is 0 Å². The van der Waals surface area contributed by atoms with Gasteiger partial charge < -0.3 is 5.32 Å². The zero-order valence-electron chi connectivity index (χ0n) is 13.5. The summed E-state index contributed by atoms with van der Waals surface area (Å²) in [5.74, 6) is 0.390. The number of piperidine rings is 1. The van der Waals surface area contributed by atoms with Gasteiger partial charge in [0.05, 0.1) is 6.20 Å². The van der Waals surface area contributed by atoms with Crippen molar-refractivity contribution in [1.29, 1.82) is 0 Å². The fourth-order valence-corrected chi connectivity index (χ4v) is 2.94. The number of aromatic amines is 1. The van der Waals surface area contributed by atoms with Crippen LogP contribution in [0.5, 0.6) is 0 Å². The summed E-state index contributed by atoms with van der Waals surface area (Å²) in [6, 6.07) is 8.75. The van der Waals surface area contributed by atoms with Crippen molar-refractivity contribution < 1.29 is 4.79 Å². The van der Waals surface area contributed by atoms with Crippen molar-refractivity contribution in [3.05, 3.63) is 47.3 Å². The second kappa shape index (κ2) is 7.37. The van der Waals surface area contributed by atoms with E-state index in [0.29, 0.717) is 18.2 Å². The zero-order valence-corrected chi connectivity index (χ0v) is 13.5. The van der Waals surface area contributed by atoms with Crippen molar-refractivity contribution >= 4 is 5.91 Å². The van der Waals surface area contributed by atoms with Crippen LogP contribution in [0.2, 0.25) is 0 Å². The zero-order chi connectivity index (χ0) is 16.1. The molecule has 2 heterocycles. The Labute approximate surface area is 136 Å². The smallest absolute Gasteiger partial charge is 0.273 e. The van der Waals surface area contributed by atoms with Gasteiger partial charge in [0.15, 0.2) is 5.69 Å². The molecule has 2 aromatic rings. The minimum absolute atomic E-state index is 0.152. The number of nitrogens with zero attached hydrogens (tertiary/aromatic N) is 3. The van der Waals surface area contributed by atoms with Gasteiger partial charge in [-0.1, -0.05) is 29.8 Å². The molecule has 0 unspecified atom stereocenters. The normalized spacial score (nSPS) is 16.4. The van der Waals surface area contributed by atoms with Crippen molar-refractivity contribution in [2.75, 3.05) is 19.6 Å². The van der Waals surface area contributed by atoms with Crippen molar-refractivity contribution in [3.8, 4) is 0 Å². The lowest BCUT2D eigenvalue weighted by Crippen LogP contribution is -2.38. The summed E-state index contributed by atoms with van der Waals surface area (Å²) in [4.78, 5) is 14.3. The molecule has 0 atom stereocenters. The van der Waals surface area contributed by atoms with Crippen LogP contribution in [0.4, 0.5) is 0 Å². The number of benzene rings is 1. The van der Waals surface area contributed by atoms with Crippen LogP contribution in [0.15, 0.2) is 30.5 Å². The Kier molecular flexibility index (Phi) is 5.02. The monoisotopic (exact) mass is 313 g/mol. The molecule has 6 nitrogen and oxygen atoms in total. The molecule has 1 saturated heterocycles. The van der Waals surface area contributed by atoms with Crippen LogP contribution in [0, 0.1) is 12.8 Å². The Morgan fingerprint density at radius 2 is 2.04 bits per heavy atom. The summed E-state index contributed by atoms with van der Waals surface area (Å²) >= 11 is 0. The van der Waals surface area contributed by atoms with Gasteiger partial charge in [0, 0.05) is 13.1 Å². The lowest BCUT2D eigenvalue weighted by atomic mass is 9.96. The third-order valence-corrected chi connectivity index (χ3v) is 4.43. The summed E-state index contributed by atoms with van der Waals surface area (Å²) in [5, 5.41) is 12.8. The molecule has 0 radical (unpaired) electrons. The van der Waals surface area contributed by atoms with Crippen LogP contribution < -0.4 is 5.32 Å². The number of carbonyl (C=O) groups excluding carboxylic acids is 1. The highest BCUT2D eigenvalue weighted by molar-refractivity contribution is 5.91. The molecule has 1 aliphatic rings. The standard InChI is InChI=1S/C17H23N5O/c1-13-2-4-15(5-3-13)12-22-8-6-14(7-9-22)10-18-17(23)16-11-19-21-20-16/h2-5,11,14H,6-10,12H2,1H3,(H,18,23)(H,19,20,21). The Morgan fingerprint density at radius 3 is 2.70 bits per heavy atom. The molecule has 1 amide bonds. The van der Waals surface area contributed by atoms with Crippen LogP contribution in [0.25, 0.3) is 0 Å². The Morgan fingerprint density at radius 1 is 1.30 bits per heavy atom. The lowest BCUT2D eigenvalue weighted by molar-refractivity contribution is 0.0930. The fourth-order valence-electron chi connectivity index (χ4n) is 2.94. The van der Waals surface area contributed by atoms with E-state index in [0.717, 1.165) is 32.5 Å². The van der Waals surface area contributed by atoms with Gasteiger partial charge in [-0.05, 0) is 44.3 Å². The summed E-state index contributed by atoms with van der Waals surface area (Å²) in [6.45, 7) is 6.00. The van der Waals surface area contributed by atoms with E-state index >= 15 is 0 Å². The van der Waals surface area contributed by atoms with Crippen molar-refractivity contribution in [2.45, 2.75) is 26.3 Å². The molecule has 23 heavy (non-hydrogen) atoms. The molecule has 0 bridgehead atoms. The summed E-state index contributed by atoms with van der Waals surface area (Å²) in [6.07, 6.45) is 3.68. The number of nitrogens with one attached hydrogen (secondary N) is 2. The lowest BCUT2D eigenvalue weighted by Gasteiger charge is -2.32. The van der Waals surface area contributed by atoms with E-state index < -0.39 is 0 Å². The van der Waals surface area contributed by atoms with E-state index in [1.54, 1.807) is 0 Å². The molecule has 1 aliphatic heterocycles. The SMILES string of the molecule is Cc1ccc(CN2CCC(CNC(=O)c3cn[nH]n3)CC2)cc1. The van der Waals surface area contributed by atoms with Crippen LogP contribution in [0.3, 0.4) is 0 Å². The van der Waals surface area contributed by atoms with E-state index in [4.69, 9.17) is 0 Å². The Balaban J connectivity index is 1.40. The molecule has 122 valence electrons. The van der Waals surface area contributed by atoms with Gasteiger partial charge in [0.1, 0.15) is 0 Å². The quantitative estimate of drug-likeness (QED) is 0.882. The predicted octanol–water partition coefficient (Wildman–Crippen LogP) is 1.76. The van der Waals surface area contributed by atoms with E-state index in [1.165, 1.54) is 17.3 Å². The van der Waals surface area contributed by atoms with Gasteiger partial charge in [0.2, 0.25) is 0 Å². The molecule has 0 aliphatic carbocycles. The van der Waals surface area contributed by atoms with E-state index in [9.17, 15) is 4.79 Å². The van der Waals surface area contributed by atoms with E-state index in [-0.39, 0.29) is 5.91 Å². The van der Waals surface area contributed by atoms with E-state index in [1.807, 2.05) is 0 Å². The average molecular weight is 313 g/mol. The molecule has 6 heteroatoms. The minimum atomic E-state index is -0.152. The molecule has 3 rings (SSSR count). The fraction of sp³-hybridized carbons (Fsp3) is 0.471. The van der Waals surface area contributed by atoms with Gasteiger partial charge in [0.25, 0.3) is 5.91 Å². The number of aromatic nitrogens is 3. The van der Waals surface area contributed by atoms with Crippen LogP contribution in [-0.2, 0) is 6.54 Å². The first kappa shape index (κ1) is 15.7. The molecule has 1 aromatic carbocycles. The van der Waals surface area contributed by atoms with Crippen LogP contribution in [0.1, 0.15) is 34.5 Å². The van der Waals surface area contributed by atoms with Gasteiger partial charge in [-0.3, -0.25) is 9.69 Å². The topological polar surface area (TPSA) is 73.9 Å². The summed E-state index contributed by atoms with van der Waals surface area (Å²) in [5.41, 5.74) is 3.02. The van der Waals surface area contributed by atoms with Crippen LogP contribution in [-0.4, -0.2) is 45.9 Å². The molecule has 0 saturated carbocycles. The number of rotatable bonds is 5. The highest BCUT2D eigenvalue weighted by atomic mass is 16.1. The van der Waals surface area contributed by atoms with Crippen LogP contribution >= 0.6 is 0 Å². The largest absolute Gasteiger partial charge is 0.350 e. The first-order chi connectivity index (χ1) is 11.2. The second-order valence-electron chi connectivity index (χ2n) is 6.27. The summed E-state index contributed by atoms with van der Waals surface area (Å²) < 4.78 is 0. The van der Waals surface area contributed by atoms with Gasteiger partial charge in [-0.2, -0.15) is 15.4 Å². The molecular formula is C17H23N5O. The molecule has 1 aromatic heterocycles. The maximum absolute atomic E-state index is 11.8. The first-order valence-corrected chi connectivity index (χ1v) is 8.12. The minimum Gasteiger partial charge on any atom is -0.350 e. The second-order valence-corrected chi connectivity index (χ2v) is 6.27. The number of amides is 1. The Hall–Kier alpha value is -2.21. The highest BCUT2D eigenvalue weighted by Gasteiger charge is 2.20. The third-order valence-electron chi connectivity index (χ3n) is 4.43. The molecule has 2 N–H and O–H groups in total. The molecule has 0 spiro atoms. The number of carbonyl (C=O) groups is 1. The maximum Gasteiger partial charge on any atom is 0.273 e. The molecule has 1 fully saturated rings.